The predicted octanol–water partition coefficient (Wildman–Crippen LogP) is 3.25. The molecule has 2 rings (SSSR count). The van der Waals surface area contributed by atoms with Gasteiger partial charge in [0.2, 0.25) is 0 Å². The maximum atomic E-state index is 13.3. The van der Waals surface area contributed by atoms with E-state index in [0.717, 1.165) is 12.3 Å². The summed E-state index contributed by atoms with van der Waals surface area (Å²) in [5, 5.41) is 2.48. The molecule has 18 heavy (non-hydrogen) atoms. The minimum Gasteiger partial charge on any atom is -0.378 e. The molecule has 0 fully saturated rings. The number of anilines is 1. The topological polar surface area (TPSA) is 24.9 Å². The number of hydrogen-bond donors (Lipinski definition) is 1. The summed E-state index contributed by atoms with van der Waals surface area (Å²) in [6.45, 7) is 0.00454. The summed E-state index contributed by atoms with van der Waals surface area (Å²) in [7, 11) is 0. The molecular formula is C12H8F4N2. The molecule has 1 aromatic heterocycles. The fraction of sp³-hybridized carbons (Fsp3) is 0.0833. The van der Waals surface area contributed by atoms with E-state index in [1.807, 2.05) is 0 Å². The predicted molar refractivity (Wildman–Crippen MR) is 57.8 cm³/mol. The summed E-state index contributed by atoms with van der Waals surface area (Å²) < 4.78 is 51.9. The molecule has 0 aliphatic carbocycles. The van der Waals surface area contributed by atoms with Crippen molar-refractivity contribution in [2.45, 2.75) is 6.54 Å². The van der Waals surface area contributed by atoms with Crippen LogP contribution in [0, 0.1) is 23.3 Å². The third kappa shape index (κ3) is 2.77. The number of nitrogens with zero attached hydrogens (tertiary/aromatic N) is 1. The van der Waals surface area contributed by atoms with Crippen LogP contribution in [0.4, 0.5) is 23.2 Å². The van der Waals surface area contributed by atoms with E-state index in [4.69, 9.17) is 0 Å². The molecule has 0 radical (unpaired) electrons. The number of nitrogens with one attached hydrogen (secondary N) is 1. The highest BCUT2D eigenvalue weighted by Gasteiger charge is 2.10. The van der Waals surface area contributed by atoms with Crippen LogP contribution < -0.4 is 5.32 Å². The molecule has 0 spiro atoms. The fourth-order valence-electron chi connectivity index (χ4n) is 1.43. The van der Waals surface area contributed by atoms with Crippen LogP contribution in [0.2, 0.25) is 0 Å². The van der Waals surface area contributed by atoms with E-state index in [0.29, 0.717) is 11.6 Å². The summed E-state index contributed by atoms with van der Waals surface area (Å²) in [5.74, 6) is -3.90. The second kappa shape index (κ2) is 5.03. The molecule has 1 N–H and O–H groups in total. The molecule has 0 aliphatic heterocycles. The van der Waals surface area contributed by atoms with Crippen molar-refractivity contribution in [3.05, 3.63) is 59.4 Å². The van der Waals surface area contributed by atoms with Crippen molar-refractivity contribution < 1.29 is 17.6 Å². The van der Waals surface area contributed by atoms with E-state index < -0.39 is 23.3 Å². The van der Waals surface area contributed by atoms with E-state index in [9.17, 15) is 17.6 Å². The Morgan fingerprint density at radius 3 is 2.44 bits per heavy atom. The molecule has 0 saturated carbocycles. The Morgan fingerprint density at radius 2 is 1.72 bits per heavy atom. The highest BCUT2D eigenvalue weighted by atomic mass is 19.2. The van der Waals surface area contributed by atoms with Crippen LogP contribution in [0.3, 0.4) is 0 Å². The van der Waals surface area contributed by atoms with Crippen molar-refractivity contribution >= 4 is 5.69 Å². The average Bonchev–Trinajstić information content (AvgIpc) is 2.32. The van der Waals surface area contributed by atoms with Gasteiger partial charge in [0.15, 0.2) is 11.6 Å². The van der Waals surface area contributed by atoms with E-state index in [1.54, 1.807) is 0 Å². The van der Waals surface area contributed by atoms with Gasteiger partial charge in [-0.3, -0.25) is 4.98 Å². The molecule has 2 aromatic rings. The van der Waals surface area contributed by atoms with Crippen LogP contribution in [-0.2, 0) is 6.54 Å². The standard InChI is InChI=1S/C12H8F4N2/c13-8-2-10(15)12(16)11(3-8)18-5-7-1-9(14)6-17-4-7/h1-4,6,18H,5H2. The van der Waals surface area contributed by atoms with E-state index in [1.165, 1.54) is 12.3 Å². The second-order valence-electron chi connectivity index (χ2n) is 3.61. The SMILES string of the molecule is Fc1cncc(CNc2cc(F)cc(F)c2F)c1. The molecule has 1 aromatic carbocycles. The molecule has 0 atom stereocenters. The van der Waals surface area contributed by atoms with Crippen molar-refractivity contribution in [2.75, 3.05) is 5.32 Å². The van der Waals surface area contributed by atoms with Gasteiger partial charge in [-0.1, -0.05) is 0 Å². The van der Waals surface area contributed by atoms with Gasteiger partial charge in [-0.15, -0.1) is 0 Å². The van der Waals surface area contributed by atoms with Gasteiger partial charge in [0.1, 0.15) is 11.6 Å². The summed E-state index contributed by atoms with van der Waals surface area (Å²) in [5.41, 5.74) is 0.107. The van der Waals surface area contributed by atoms with Crippen molar-refractivity contribution in [3.8, 4) is 0 Å². The van der Waals surface area contributed by atoms with E-state index in [2.05, 4.69) is 10.3 Å². The minimum absolute atomic E-state index is 0.00454. The average molecular weight is 256 g/mol. The van der Waals surface area contributed by atoms with E-state index in [-0.39, 0.29) is 12.2 Å². The summed E-state index contributed by atoms with van der Waals surface area (Å²) in [4.78, 5) is 3.60. The van der Waals surface area contributed by atoms with Crippen LogP contribution in [0.25, 0.3) is 0 Å². The Balaban J connectivity index is 2.15. The Morgan fingerprint density at radius 1 is 0.944 bits per heavy atom. The van der Waals surface area contributed by atoms with Crippen LogP contribution >= 0.6 is 0 Å². The lowest BCUT2D eigenvalue weighted by Gasteiger charge is -2.08. The monoisotopic (exact) mass is 256 g/mol. The van der Waals surface area contributed by atoms with Gasteiger partial charge in [0, 0.05) is 24.9 Å². The lowest BCUT2D eigenvalue weighted by Crippen LogP contribution is -2.04. The van der Waals surface area contributed by atoms with Gasteiger partial charge >= 0.3 is 0 Å². The molecule has 0 amide bonds. The molecule has 1 heterocycles. The molecule has 0 saturated heterocycles. The first-order valence-electron chi connectivity index (χ1n) is 5.04. The number of pyridine rings is 1. The highest BCUT2D eigenvalue weighted by molar-refractivity contribution is 5.45. The highest BCUT2D eigenvalue weighted by Crippen LogP contribution is 2.19. The number of benzene rings is 1. The molecule has 2 nitrogen and oxygen atoms in total. The summed E-state index contributed by atoms with van der Waals surface area (Å²) in [6, 6.07) is 2.46. The zero-order chi connectivity index (χ0) is 13.1. The second-order valence-corrected chi connectivity index (χ2v) is 3.61. The quantitative estimate of drug-likeness (QED) is 0.673. The Bertz CT molecular complexity index is 572. The maximum Gasteiger partial charge on any atom is 0.182 e. The Hall–Kier alpha value is -2.11. The molecule has 94 valence electrons. The fourth-order valence-corrected chi connectivity index (χ4v) is 1.43. The Kier molecular flexibility index (Phi) is 3.45. The molecule has 0 bridgehead atoms. The first-order valence-corrected chi connectivity index (χ1v) is 5.04. The van der Waals surface area contributed by atoms with Crippen molar-refractivity contribution in [1.82, 2.24) is 4.98 Å². The van der Waals surface area contributed by atoms with Gasteiger partial charge in [-0.05, 0) is 11.6 Å². The van der Waals surface area contributed by atoms with Crippen LogP contribution in [0.1, 0.15) is 5.56 Å². The van der Waals surface area contributed by atoms with Gasteiger partial charge in [-0.2, -0.15) is 0 Å². The Labute approximate surface area is 100 Å². The van der Waals surface area contributed by atoms with Crippen LogP contribution in [0.15, 0.2) is 30.6 Å². The molecule has 6 heteroatoms. The van der Waals surface area contributed by atoms with Crippen molar-refractivity contribution in [2.24, 2.45) is 0 Å². The normalized spacial score (nSPS) is 10.4. The van der Waals surface area contributed by atoms with Crippen molar-refractivity contribution in [3.63, 3.8) is 0 Å². The summed E-state index contributed by atoms with van der Waals surface area (Å²) in [6.07, 6.45) is 2.38. The van der Waals surface area contributed by atoms with E-state index >= 15 is 0 Å². The maximum absolute atomic E-state index is 13.3. The number of aromatic nitrogens is 1. The van der Waals surface area contributed by atoms with Gasteiger partial charge in [-0.25, -0.2) is 17.6 Å². The minimum atomic E-state index is -1.28. The molecule has 0 unspecified atom stereocenters. The number of rotatable bonds is 3. The zero-order valence-electron chi connectivity index (χ0n) is 9.05. The van der Waals surface area contributed by atoms with Gasteiger partial charge < -0.3 is 5.32 Å². The first kappa shape index (κ1) is 12.3. The summed E-state index contributed by atoms with van der Waals surface area (Å²) >= 11 is 0. The number of hydrogen-bond acceptors (Lipinski definition) is 2. The molecular weight excluding hydrogens is 248 g/mol. The smallest absolute Gasteiger partial charge is 0.182 e. The lowest BCUT2D eigenvalue weighted by molar-refractivity contribution is 0.497. The lowest BCUT2D eigenvalue weighted by atomic mass is 10.2. The first-order chi connectivity index (χ1) is 8.56. The van der Waals surface area contributed by atoms with Crippen LogP contribution in [-0.4, -0.2) is 4.98 Å². The zero-order valence-corrected chi connectivity index (χ0v) is 9.05. The molecule has 0 aliphatic rings. The van der Waals surface area contributed by atoms with Crippen LogP contribution in [0.5, 0.6) is 0 Å². The largest absolute Gasteiger partial charge is 0.378 e. The number of halogens is 4. The van der Waals surface area contributed by atoms with Gasteiger partial charge in [0.05, 0.1) is 11.9 Å². The van der Waals surface area contributed by atoms with Crippen molar-refractivity contribution in [1.29, 1.82) is 0 Å². The van der Waals surface area contributed by atoms with Gasteiger partial charge in [0.25, 0.3) is 0 Å². The third-order valence-electron chi connectivity index (χ3n) is 2.24. The third-order valence-corrected chi connectivity index (χ3v) is 2.24.